The minimum atomic E-state index is -0.159. The molecule has 1 saturated carbocycles. The summed E-state index contributed by atoms with van der Waals surface area (Å²) in [5.74, 6) is -0.319. The number of imide groups is 1. The summed E-state index contributed by atoms with van der Waals surface area (Å²) in [6.07, 6.45) is 5.01. The molecule has 0 aromatic heterocycles. The Labute approximate surface area is 90.0 Å². The van der Waals surface area contributed by atoms with Crippen molar-refractivity contribution >= 4 is 11.8 Å². The number of nitrogens with one attached hydrogen (secondary N) is 1. The van der Waals surface area contributed by atoms with Gasteiger partial charge in [0.15, 0.2) is 0 Å². The molecule has 1 aliphatic heterocycles. The Bertz CT molecular complexity index is 266. The van der Waals surface area contributed by atoms with E-state index in [-0.39, 0.29) is 11.8 Å². The van der Waals surface area contributed by atoms with Crippen LogP contribution in [0.4, 0.5) is 0 Å². The van der Waals surface area contributed by atoms with Crippen LogP contribution < -0.4 is 5.32 Å². The van der Waals surface area contributed by atoms with Crippen LogP contribution in [0, 0.1) is 5.41 Å². The maximum atomic E-state index is 11.2. The van der Waals surface area contributed by atoms with Crippen molar-refractivity contribution in [3.63, 3.8) is 0 Å². The van der Waals surface area contributed by atoms with Crippen molar-refractivity contribution < 1.29 is 9.59 Å². The van der Waals surface area contributed by atoms with Crippen LogP contribution in [0.15, 0.2) is 0 Å². The SMILES string of the molecule is CC1(CN2CC(=O)NC(=O)C2)CCCC1. The fourth-order valence-corrected chi connectivity index (χ4v) is 2.73. The molecule has 4 nitrogen and oxygen atoms in total. The lowest BCUT2D eigenvalue weighted by Gasteiger charge is -2.33. The molecular weight excluding hydrogens is 192 g/mol. The molecule has 1 aliphatic carbocycles. The molecule has 2 aliphatic rings. The summed E-state index contributed by atoms with van der Waals surface area (Å²) in [5, 5.41) is 2.33. The fourth-order valence-electron chi connectivity index (χ4n) is 2.73. The summed E-state index contributed by atoms with van der Waals surface area (Å²) in [7, 11) is 0. The highest BCUT2D eigenvalue weighted by atomic mass is 16.2. The monoisotopic (exact) mass is 210 g/mol. The van der Waals surface area contributed by atoms with Gasteiger partial charge in [-0.15, -0.1) is 0 Å². The van der Waals surface area contributed by atoms with Crippen LogP contribution >= 0.6 is 0 Å². The van der Waals surface area contributed by atoms with Crippen molar-refractivity contribution in [1.82, 2.24) is 10.2 Å². The first-order valence-electron chi connectivity index (χ1n) is 5.62. The molecule has 15 heavy (non-hydrogen) atoms. The van der Waals surface area contributed by atoms with Crippen LogP contribution in [0.5, 0.6) is 0 Å². The Morgan fingerprint density at radius 3 is 2.27 bits per heavy atom. The third kappa shape index (κ3) is 2.56. The molecule has 2 fully saturated rings. The number of carbonyl (C=O) groups excluding carboxylic acids is 2. The zero-order valence-corrected chi connectivity index (χ0v) is 9.21. The summed E-state index contributed by atoms with van der Waals surface area (Å²) in [4.78, 5) is 24.4. The molecular formula is C11H18N2O2. The minimum absolute atomic E-state index is 0.159. The van der Waals surface area contributed by atoms with Crippen LogP contribution in [0.1, 0.15) is 32.6 Å². The number of hydrogen-bond acceptors (Lipinski definition) is 3. The quantitative estimate of drug-likeness (QED) is 0.676. The third-order valence-electron chi connectivity index (χ3n) is 3.43. The summed E-state index contributed by atoms with van der Waals surface area (Å²) >= 11 is 0. The van der Waals surface area contributed by atoms with Gasteiger partial charge in [0, 0.05) is 6.54 Å². The molecule has 4 heteroatoms. The molecule has 0 radical (unpaired) electrons. The van der Waals surface area contributed by atoms with Crippen LogP contribution in [-0.4, -0.2) is 36.3 Å². The van der Waals surface area contributed by atoms with E-state index in [1.54, 1.807) is 0 Å². The van der Waals surface area contributed by atoms with E-state index < -0.39 is 0 Å². The molecule has 0 atom stereocenters. The second-order valence-corrected chi connectivity index (χ2v) is 5.13. The topological polar surface area (TPSA) is 49.4 Å². The second-order valence-electron chi connectivity index (χ2n) is 5.13. The molecule has 0 aromatic carbocycles. The lowest BCUT2D eigenvalue weighted by Crippen LogP contribution is -2.53. The van der Waals surface area contributed by atoms with Gasteiger partial charge in [0.2, 0.25) is 11.8 Å². The molecule has 0 spiro atoms. The van der Waals surface area contributed by atoms with Crippen LogP contribution in [-0.2, 0) is 9.59 Å². The number of rotatable bonds is 2. The predicted molar refractivity (Wildman–Crippen MR) is 56.2 cm³/mol. The van der Waals surface area contributed by atoms with Gasteiger partial charge in [0.1, 0.15) is 0 Å². The largest absolute Gasteiger partial charge is 0.294 e. The van der Waals surface area contributed by atoms with E-state index in [0.29, 0.717) is 18.5 Å². The van der Waals surface area contributed by atoms with Crippen molar-refractivity contribution in [1.29, 1.82) is 0 Å². The van der Waals surface area contributed by atoms with E-state index in [0.717, 1.165) is 6.54 Å². The van der Waals surface area contributed by atoms with Gasteiger partial charge in [0.25, 0.3) is 0 Å². The summed E-state index contributed by atoms with van der Waals surface area (Å²) in [6.45, 7) is 3.89. The lowest BCUT2D eigenvalue weighted by molar-refractivity contribution is -0.136. The van der Waals surface area contributed by atoms with E-state index in [1.165, 1.54) is 25.7 Å². The van der Waals surface area contributed by atoms with Gasteiger partial charge in [-0.3, -0.25) is 19.8 Å². The summed E-state index contributed by atoms with van der Waals surface area (Å²) in [5.41, 5.74) is 0.317. The fraction of sp³-hybridized carbons (Fsp3) is 0.818. The first-order chi connectivity index (χ1) is 7.07. The predicted octanol–water partition coefficient (Wildman–Crippen LogP) is 0.525. The third-order valence-corrected chi connectivity index (χ3v) is 3.43. The first-order valence-corrected chi connectivity index (χ1v) is 5.62. The van der Waals surface area contributed by atoms with E-state index in [9.17, 15) is 9.59 Å². The molecule has 0 bridgehead atoms. The van der Waals surface area contributed by atoms with Gasteiger partial charge in [-0.25, -0.2) is 0 Å². The van der Waals surface area contributed by atoms with E-state index in [1.807, 2.05) is 4.90 Å². The molecule has 84 valence electrons. The van der Waals surface area contributed by atoms with Gasteiger partial charge >= 0.3 is 0 Å². The molecule has 0 unspecified atom stereocenters. The molecule has 0 aromatic rings. The molecule has 2 amide bonds. The Morgan fingerprint density at radius 2 is 1.73 bits per heavy atom. The number of piperazine rings is 1. The van der Waals surface area contributed by atoms with Crippen molar-refractivity contribution in [2.24, 2.45) is 5.41 Å². The zero-order valence-electron chi connectivity index (χ0n) is 9.21. The standard InChI is InChI=1S/C11H18N2O2/c1-11(4-2-3-5-11)8-13-6-9(14)12-10(15)7-13/h2-8H2,1H3,(H,12,14,15). The van der Waals surface area contributed by atoms with E-state index in [4.69, 9.17) is 0 Å². The van der Waals surface area contributed by atoms with Crippen molar-refractivity contribution in [3.8, 4) is 0 Å². The average molecular weight is 210 g/mol. The van der Waals surface area contributed by atoms with E-state index in [2.05, 4.69) is 12.2 Å². The molecule has 1 saturated heterocycles. The smallest absolute Gasteiger partial charge is 0.240 e. The number of hydrogen-bond donors (Lipinski definition) is 1. The molecule has 1 heterocycles. The van der Waals surface area contributed by atoms with Gasteiger partial charge < -0.3 is 0 Å². The van der Waals surface area contributed by atoms with Crippen molar-refractivity contribution in [2.45, 2.75) is 32.6 Å². The normalized spacial score (nSPS) is 26.7. The molecule has 1 N–H and O–H groups in total. The Kier molecular flexibility index (Phi) is 2.78. The zero-order chi connectivity index (χ0) is 10.9. The van der Waals surface area contributed by atoms with Gasteiger partial charge in [-0.2, -0.15) is 0 Å². The Morgan fingerprint density at radius 1 is 1.20 bits per heavy atom. The maximum absolute atomic E-state index is 11.2. The van der Waals surface area contributed by atoms with Gasteiger partial charge in [-0.1, -0.05) is 19.8 Å². The van der Waals surface area contributed by atoms with Crippen LogP contribution in [0.3, 0.4) is 0 Å². The van der Waals surface area contributed by atoms with Gasteiger partial charge in [-0.05, 0) is 18.3 Å². The van der Waals surface area contributed by atoms with Crippen molar-refractivity contribution in [2.75, 3.05) is 19.6 Å². The van der Waals surface area contributed by atoms with Crippen LogP contribution in [0.25, 0.3) is 0 Å². The highest BCUT2D eigenvalue weighted by molar-refractivity contribution is 5.99. The Balaban J connectivity index is 1.93. The van der Waals surface area contributed by atoms with Gasteiger partial charge in [0.05, 0.1) is 13.1 Å². The highest BCUT2D eigenvalue weighted by Crippen LogP contribution is 2.38. The lowest BCUT2D eigenvalue weighted by atomic mass is 9.88. The number of carbonyl (C=O) groups is 2. The average Bonchev–Trinajstić information content (AvgIpc) is 2.49. The Hall–Kier alpha value is -0.900. The molecule has 2 rings (SSSR count). The summed E-state index contributed by atoms with van der Waals surface area (Å²) in [6, 6.07) is 0. The van der Waals surface area contributed by atoms with E-state index >= 15 is 0 Å². The first kappa shape index (κ1) is 10.6. The number of amides is 2. The number of nitrogens with zero attached hydrogens (tertiary/aromatic N) is 1. The maximum Gasteiger partial charge on any atom is 0.240 e. The van der Waals surface area contributed by atoms with Crippen molar-refractivity contribution in [3.05, 3.63) is 0 Å². The second kappa shape index (κ2) is 3.93. The summed E-state index contributed by atoms with van der Waals surface area (Å²) < 4.78 is 0. The van der Waals surface area contributed by atoms with Crippen LogP contribution in [0.2, 0.25) is 0 Å². The minimum Gasteiger partial charge on any atom is -0.294 e. The highest BCUT2D eigenvalue weighted by Gasteiger charge is 2.33.